The van der Waals surface area contributed by atoms with Crippen molar-refractivity contribution in [2.45, 2.75) is 19.4 Å². The topological polar surface area (TPSA) is 84.3 Å². The molecule has 7 nitrogen and oxygen atoms in total. The number of nitrogens with zero attached hydrogens (tertiary/aromatic N) is 3. The van der Waals surface area contributed by atoms with Crippen molar-refractivity contribution in [1.29, 1.82) is 0 Å². The van der Waals surface area contributed by atoms with Crippen LogP contribution in [-0.2, 0) is 4.79 Å². The molecule has 0 aromatic heterocycles. The van der Waals surface area contributed by atoms with Gasteiger partial charge < -0.3 is 20.0 Å². The number of piperazine rings is 1. The normalized spacial score (nSPS) is 27.9. The first-order valence-electron chi connectivity index (χ1n) is 7.13. The Balaban J connectivity index is 1.87. The van der Waals surface area contributed by atoms with Gasteiger partial charge in [-0.25, -0.2) is 4.79 Å². The molecule has 7 heteroatoms. The third kappa shape index (κ3) is 3.21. The Morgan fingerprint density at radius 1 is 1.15 bits per heavy atom. The van der Waals surface area contributed by atoms with E-state index in [2.05, 4.69) is 6.92 Å². The van der Waals surface area contributed by atoms with Crippen molar-refractivity contribution in [2.75, 3.05) is 45.9 Å². The lowest BCUT2D eigenvalue weighted by atomic mass is 10.0. The van der Waals surface area contributed by atoms with E-state index in [1.54, 1.807) is 9.80 Å². The summed E-state index contributed by atoms with van der Waals surface area (Å²) >= 11 is 0. The molecule has 2 aliphatic heterocycles. The van der Waals surface area contributed by atoms with Gasteiger partial charge in [0.15, 0.2) is 0 Å². The monoisotopic (exact) mass is 285 g/mol. The third-order valence-corrected chi connectivity index (χ3v) is 4.32. The van der Waals surface area contributed by atoms with E-state index in [-0.39, 0.29) is 25.2 Å². The molecule has 2 N–H and O–H groups in total. The van der Waals surface area contributed by atoms with E-state index in [4.69, 9.17) is 5.11 Å². The van der Waals surface area contributed by atoms with Crippen LogP contribution >= 0.6 is 0 Å². The van der Waals surface area contributed by atoms with Crippen molar-refractivity contribution in [3.63, 3.8) is 0 Å². The molecule has 2 rings (SSSR count). The molecule has 2 atom stereocenters. The van der Waals surface area contributed by atoms with Gasteiger partial charge in [-0.05, 0) is 12.3 Å². The number of hydrogen-bond donors (Lipinski definition) is 2. The maximum Gasteiger partial charge on any atom is 0.320 e. The number of carbonyl (C=O) groups is 2. The lowest BCUT2D eigenvalue weighted by Gasteiger charge is -2.37. The predicted molar refractivity (Wildman–Crippen MR) is 72.4 cm³/mol. The number of rotatable bonds is 3. The van der Waals surface area contributed by atoms with Crippen molar-refractivity contribution < 1.29 is 19.8 Å². The smallest absolute Gasteiger partial charge is 0.320 e. The highest BCUT2D eigenvalue weighted by Crippen LogP contribution is 2.25. The molecule has 114 valence electrons. The number of amides is 2. The van der Waals surface area contributed by atoms with Gasteiger partial charge in [0.2, 0.25) is 0 Å². The van der Waals surface area contributed by atoms with E-state index < -0.39 is 5.97 Å². The van der Waals surface area contributed by atoms with E-state index in [1.807, 2.05) is 4.90 Å². The predicted octanol–water partition coefficient (Wildman–Crippen LogP) is -0.489. The molecule has 2 fully saturated rings. The number of aliphatic hydroxyl groups excluding tert-OH is 1. The summed E-state index contributed by atoms with van der Waals surface area (Å²) < 4.78 is 0. The molecule has 0 saturated carbocycles. The zero-order chi connectivity index (χ0) is 14.7. The Kier molecular flexibility index (Phi) is 4.82. The number of carbonyl (C=O) groups excluding carboxylic acids is 1. The summed E-state index contributed by atoms with van der Waals surface area (Å²) in [6.45, 7) is 5.06. The quantitative estimate of drug-likeness (QED) is 0.731. The van der Waals surface area contributed by atoms with Gasteiger partial charge in [0, 0.05) is 32.7 Å². The first kappa shape index (κ1) is 15.1. The van der Waals surface area contributed by atoms with Crippen LogP contribution < -0.4 is 0 Å². The third-order valence-electron chi connectivity index (χ3n) is 4.32. The van der Waals surface area contributed by atoms with Crippen LogP contribution in [0.5, 0.6) is 0 Å². The maximum atomic E-state index is 12.5. The van der Waals surface area contributed by atoms with Crippen LogP contribution in [0.1, 0.15) is 13.3 Å². The Hall–Kier alpha value is -1.34. The van der Waals surface area contributed by atoms with Crippen LogP contribution in [0.25, 0.3) is 0 Å². The van der Waals surface area contributed by atoms with Crippen LogP contribution in [0, 0.1) is 5.92 Å². The van der Waals surface area contributed by atoms with Gasteiger partial charge in [-0.1, -0.05) is 6.92 Å². The van der Waals surface area contributed by atoms with Gasteiger partial charge in [-0.15, -0.1) is 0 Å². The van der Waals surface area contributed by atoms with Crippen molar-refractivity contribution in [2.24, 2.45) is 5.92 Å². The molecule has 0 aromatic carbocycles. The fourth-order valence-corrected chi connectivity index (χ4v) is 2.99. The summed E-state index contributed by atoms with van der Waals surface area (Å²) in [4.78, 5) is 28.5. The Bertz CT molecular complexity index is 369. The molecule has 2 aliphatic rings. The van der Waals surface area contributed by atoms with Crippen molar-refractivity contribution >= 4 is 12.0 Å². The number of urea groups is 1. The van der Waals surface area contributed by atoms with Crippen LogP contribution in [0.2, 0.25) is 0 Å². The minimum absolute atomic E-state index is 0.00584. The molecule has 20 heavy (non-hydrogen) atoms. The molecule has 0 spiro atoms. The Labute approximate surface area is 118 Å². The summed E-state index contributed by atoms with van der Waals surface area (Å²) in [5.74, 6) is -0.504. The number of aliphatic hydroxyl groups is 1. The fraction of sp³-hybridized carbons (Fsp3) is 0.846. The SMILES string of the molecule is CC1CCN(C(=O)N2CCN(CC(=O)O)CC2)C1CO. The van der Waals surface area contributed by atoms with E-state index in [1.165, 1.54) is 0 Å². The molecular formula is C13H23N3O4. The van der Waals surface area contributed by atoms with E-state index in [9.17, 15) is 14.7 Å². The average Bonchev–Trinajstić information content (AvgIpc) is 2.79. The Morgan fingerprint density at radius 3 is 2.35 bits per heavy atom. The Morgan fingerprint density at radius 2 is 1.80 bits per heavy atom. The second-order valence-corrected chi connectivity index (χ2v) is 5.65. The summed E-state index contributed by atoms with van der Waals surface area (Å²) in [7, 11) is 0. The summed E-state index contributed by atoms with van der Waals surface area (Å²) in [6, 6.07) is -0.108. The van der Waals surface area contributed by atoms with Gasteiger partial charge in [0.1, 0.15) is 0 Å². The van der Waals surface area contributed by atoms with Crippen LogP contribution in [0.15, 0.2) is 0 Å². The second-order valence-electron chi connectivity index (χ2n) is 5.65. The first-order chi connectivity index (χ1) is 9.52. The second kappa shape index (κ2) is 6.41. The standard InChI is InChI=1S/C13H23N3O4/c1-10-2-3-16(11(10)9-17)13(20)15-6-4-14(5-7-15)8-12(18)19/h10-11,17H,2-9H2,1H3,(H,18,19). The van der Waals surface area contributed by atoms with Gasteiger partial charge in [0.05, 0.1) is 19.2 Å². The highest BCUT2D eigenvalue weighted by molar-refractivity contribution is 5.75. The highest BCUT2D eigenvalue weighted by Gasteiger charge is 2.36. The van der Waals surface area contributed by atoms with Crippen molar-refractivity contribution in [3.05, 3.63) is 0 Å². The molecule has 2 heterocycles. The minimum atomic E-state index is -0.835. The number of carboxylic acids is 1. The summed E-state index contributed by atoms with van der Waals surface area (Å²) in [6.07, 6.45) is 0.927. The van der Waals surface area contributed by atoms with Crippen LogP contribution in [0.3, 0.4) is 0 Å². The zero-order valence-electron chi connectivity index (χ0n) is 11.9. The van der Waals surface area contributed by atoms with E-state index in [0.717, 1.165) is 6.42 Å². The minimum Gasteiger partial charge on any atom is -0.480 e. The first-order valence-corrected chi connectivity index (χ1v) is 7.13. The number of likely N-dealkylation sites (tertiary alicyclic amines) is 1. The van der Waals surface area contributed by atoms with Gasteiger partial charge >= 0.3 is 12.0 Å². The van der Waals surface area contributed by atoms with Gasteiger partial charge in [-0.3, -0.25) is 9.69 Å². The van der Waals surface area contributed by atoms with Crippen molar-refractivity contribution in [1.82, 2.24) is 14.7 Å². The molecule has 2 amide bonds. The molecule has 0 aliphatic carbocycles. The number of carboxylic acid groups (broad SMARTS) is 1. The largest absolute Gasteiger partial charge is 0.480 e. The lowest BCUT2D eigenvalue weighted by molar-refractivity contribution is -0.138. The van der Waals surface area contributed by atoms with Crippen LogP contribution in [0.4, 0.5) is 4.79 Å². The molecule has 2 unspecified atom stereocenters. The highest BCUT2D eigenvalue weighted by atomic mass is 16.4. The van der Waals surface area contributed by atoms with Gasteiger partial charge in [-0.2, -0.15) is 0 Å². The zero-order valence-corrected chi connectivity index (χ0v) is 11.9. The average molecular weight is 285 g/mol. The molecule has 0 radical (unpaired) electrons. The fourth-order valence-electron chi connectivity index (χ4n) is 2.99. The maximum absolute atomic E-state index is 12.5. The molecule has 2 saturated heterocycles. The number of aliphatic carboxylic acids is 1. The molecule has 0 bridgehead atoms. The van der Waals surface area contributed by atoms with E-state index >= 15 is 0 Å². The molecule has 0 aromatic rings. The summed E-state index contributed by atoms with van der Waals surface area (Å²) in [5, 5.41) is 18.2. The number of hydrogen-bond acceptors (Lipinski definition) is 4. The lowest BCUT2D eigenvalue weighted by Crippen LogP contribution is -2.55. The van der Waals surface area contributed by atoms with Gasteiger partial charge in [0.25, 0.3) is 0 Å². The van der Waals surface area contributed by atoms with Crippen LogP contribution in [-0.4, -0.2) is 88.8 Å². The van der Waals surface area contributed by atoms with E-state index in [0.29, 0.717) is 38.6 Å². The molecular weight excluding hydrogens is 262 g/mol. The van der Waals surface area contributed by atoms with Crippen molar-refractivity contribution in [3.8, 4) is 0 Å². The summed E-state index contributed by atoms with van der Waals surface area (Å²) in [5.41, 5.74) is 0.